The highest BCUT2D eigenvalue weighted by Gasteiger charge is 2.26. The minimum Gasteiger partial charge on any atom is -0.464 e. The summed E-state index contributed by atoms with van der Waals surface area (Å²) in [4.78, 5) is 11.9. The summed E-state index contributed by atoms with van der Waals surface area (Å²) in [6, 6.07) is 9.84. The van der Waals surface area contributed by atoms with E-state index in [0.29, 0.717) is 17.3 Å². The molecule has 0 N–H and O–H groups in total. The van der Waals surface area contributed by atoms with E-state index in [2.05, 4.69) is 6.07 Å². The molecule has 0 aliphatic heterocycles. The van der Waals surface area contributed by atoms with Crippen molar-refractivity contribution in [3.63, 3.8) is 0 Å². The van der Waals surface area contributed by atoms with E-state index >= 15 is 0 Å². The summed E-state index contributed by atoms with van der Waals surface area (Å²) >= 11 is 0. The van der Waals surface area contributed by atoms with Crippen LogP contribution in [0.5, 0.6) is 0 Å². The molecule has 1 aliphatic carbocycles. The molecule has 1 saturated carbocycles. The first-order chi connectivity index (χ1) is 9.24. The molecular weight excluding hydrogens is 240 g/mol. The van der Waals surface area contributed by atoms with E-state index in [1.54, 1.807) is 6.07 Å². The van der Waals surface area contributed by atoms with Gasteiger partial charge in [-0.2, -0.15) is 5.26 Å². The fourth-order valence-electron chi connectivity index (χ4n) is 2.59. The minimum absolute atomic E-state index is 0.318. The van der Waals surface area contributed by atoms with Crippen LogP contribution in [-0.2, 0) is 4.74 Å². The maximum absolute atomic E-state index is 11.9. The van der Waals surface area contributed by atoms with Crippen LogP contribution in [0.1, 0.15) is 41.4 Å². The van der Waals surface area contributed by atoms with E-state index in [1.807, 2.05) is 22.8 Å². The highest BCUT2D eigenvalue weighted by Crippen LogP contribution is 2.37. The lowest BCUT2D eigenvalue weighted by Crippen LogP contribution is -2.21. The molecule has 0 radical (unpaired) electrons. The number of carbonyl (C=O) groups is 1. The molecule has 0 bridgehead atoms. The van der Waals surface area contributed by atoms with E-state index in [4.69, 9.17) is 10.00 Å². The SMILES string of the molecule is COC(=O)c1cc2ccc(C#N)cc2n1C1CCC1. The minimum atomic E-state index is -0.318. The van der Waals surface area contributed by atoms with Crippen molar-refractivity contribution in [3.8, 4) is 6.07 Å². The van der Waals surface area contributed by atoms with Crippen LogP contribution in [0.15, 0.2) is 24.3 Å². The van der Waals surface area contributed by atoms with Gasteiger partial charge in [-0.25, -0.2) is 4.79 Å². The molecule has 0 atom stereocenters. The number of carbonyl (C=O) groups excluding carboxylic acids is 1. The Morgan fingerprint density at radius 1 is 1.42 bits per heavy atom. The molecule has 0 saturated heterocycles. The van der Waals surface area contributed by atoms with Gasteiger partial charge >= 0.3 is 5.97 Å². The quantitative estimate of drug-likeness (QED) is 0.774. The number of fused-ring (bicyclic) bond motifs is 1. The van der Waals surface area contributed by atoms with Gasteiger partial charge in [-0.05, 0) is 37.5 Å². The van der Waals surface area contributed by atoms with Crippen LogP contribution >= 0.6 is 0 Å². The Hall–Kier alpha value is -2.28. The number of ether oxygens (including phenoxy) is 1. The highest BCUT2D eigenvalue weighted by molar-refractivity contribution is 5.96. The van der Waals surface area contributed by atoms with Gasteiger partial charge in [-0.1, -0.05) is 6.07 Å². The van der Waals surface area contributed by atoms with Gasteiger partial charge in [0.25, 0.3) is 0 Å². The van der Waals surface area contributed by atoms with Gasteiger partial charge in [-0.3, -0.25) is 0 Å². The Bertz CT molecular complexity index is 690. The van der Waals surface area contributed by atoms with Gasteiger partial charge in [0.05, 0.1) is 24.3 Å². The van der Waals surface area contributed by atoms with Crippen molar-refractivity contribution >= 4 is 16.9 Å². The summed E-state index contributed by atoms with van der Waals surface area (Å²) in [5, 5.41) is 9.99. The largest absolute Gasteiger partial charge is 0.464 e. The molecule has 0 spiro atoms. The molecule has 4 nitrogen and oxygen atoms in total. The summed E-state index contributed by atoms with van der Waals surface area (Å²) in [6.45, 7) is 0. The second kappa shape index (κ2) is 4.43. The smallest absolute Gasteiger partial charge is 0.354 e. The molecule has 1 aliphatic rings. The van der Waals surface area contributed by atoms with E-state index in [9.17, 15) is 4.79 Å². The molecule has 0 amide bonds. The van der Waals surface area contributed by atoms with Crippen molar-refractivity contribution in [1.82, 2.24) is 4.57 Å². The topological polar surface area (TPSA) is 55.0 Å². The number of nitrogens with zero attached hydrogens (tertiary/aromatic N) is 2. The van der Waals surface area contributed by atoms with Crippen LogP contribution < -0.4 is 0 Å². The van der Waals surface area contributed by atoms with Gasteiger partial charge in [-0.15, -0.1) is 0 Å². The fraction of sp³-hybridized carbons (Fsp3) is 0.333. The molecule has 1 aromatic carbocycles. The van der Waals surface area contributed by atoms with Crippen LogP contribution in [0.2, 0.25) is 0 Å². The number of benzene rings is 1. The van der Waals surface area contributed by atoms with Gasteiger partial charge in [0.1, 0.15) is 5.69 Å². The number of hydrogen-bond acceptors (Lipinski definition) is 3. The third-order valence-corrected chi connectivity index (χ3v) is 3.81. The van der Waals surface area contributed by atoms with Crippen LogP contribution in [0.3, 0.4) is 0 Å². The number of nitriles is 1. The van der Waals surface area contributed by atoms with Crippen molar-refractivity contribution < 1.29 is 9.53 Å². The predicted octanol–water partition coefficient (Wildman–Crippen LogP) is 3.02. The normalized spacial score (nSPS) is 14.9. The number of aromatic nitrogens is 1. The summed E-state index contributed by atoms with van der Waals surface area (Å²) in [7, 11) is 1.39. The first-order valence-electron chi connectivity index (χ1n) is 6.38. The molecule has 0 unspecified atom stereocenters. The molecule has 19 heavy (non-hydrogen) atoms. The molecule has 2 aromatic rings. The maximum atomic E-state index is 11.9. The van der Waals surface area contributed by atoms with Crippen LogP contribution in [-0.4, -0.2) is 17.6 Å². The van der Waals surface area contributed by atoms with E-state index in [1.165, 1.54) is 13.5 Å². The van der Waals surface area contributed by atoms with Crippen LogP contribution in [0, 0.1) is 11.3 Å². The number of hydrogen-bond donors (Lipinski definition) is 0. The zero-order valence-corrected chi connectivity index (χ0v) is 10.7. The van der Waals surface area contributed by atoms with Crippen molar-refractivity contribution in [2.45, 2.75) is 25.3 Å². The molecule has 1 fully saturated rings. The maximum Gasteiger partial charge on any atom is 0.354 e. The predicted molar refractivity (Wildman–Crippen MR) is 70.9 cm³/mol. The standard InChI is InChI=1S/C15H14N2O2/c1-19-15(18)14-8-11-6-5-10(9-16)7-13(11)17(14)12-3-2-4-12/h5-8,12H,2-4H2,1H3. The monoisotopic (exact) mass is 254 g/mol. The summed E-state index contributed by atoms with van der Waals surface area (Å²) in [6.07, 6.45) is 3.33. The lowest BCUT2D eigenvalue weighted by atomic mass is 9.92. The summed E-state index contributed by atoms with van der Waals surface area (Å²) < 4.78 is 6.89. The Morgan fingerprint density at radius 2 is 2.21 bits per heavy atom. The zero-order valence-electron chi connectivity index (χ0n) is 10.7. The third kappa shape index (κ3) is 1.78. The first-order valence-corrected chi connectivity index (χ1v) is 6.38. The Morgan fingerprint density at radius 3 is 2.79 bits per heavy atom. The van der Waals surface area contributed by atoms with E-state index in [-0.39, 0.29) is 5.97 Å². The van der Waals surface area contributed by atoms with Gasteiger partial charge < -0.3 is 9.30 Å². The van der Waals surface area contributed by atoms with Crippen molar-refractivity contribution in [2.75, 3.05) is 7.11 Å². The molecule has 3 rings (SSSR count). The summed E-state index contributed by atoms with van der Waals surface area (Å²) in [5.74, 6) is -0.318. The fourth-order valence-corrected chi connectivity index (χ4v) is 2.59. The lowest BCUT2D eigenvalue weighted by Gasteiger charge is -2.29. The van der Waals surface area contributed by atoms with E-state index in [0.717, 1.165) is 23.7 Å². The Labute approximate surface area is 111 Å². The average molecular weight is 254 g/mol. The average Bonchev–Trinajstić information content (AvgIpc) is 2.74. The van der Waals surface area contributed by atoms with Gasteiger partial charge in [0.2, 0.25) is 0 Å². The number of methoxy groups -OCH3 is 1. The van der Waals surface area contributed by atoms with Gasteiger partial charge in [0, 0.05) is 11.4 Å². The lowest BCUT2D eigenvalue weighted by molar-refractivity contribution is 0.0583. The molecular formula is C15H14N2O2. The zero-order chi connectivity index (χ0) is 13.4. The van der Waals surface area contributed by atoms with Crippen molar-refractivity contribution in [3.05, 3.63) is 35.5 Å². The number of esters is 1. The van der Waals surface area contributed by atoms with E-state index < -0.39 is 0 Å². The van der Waals surface area contributed by atoms with Crippen LogP contribution in [0.25, 0.3) is 10.9 Å². The second-order valence-electron chi connectivity index (χ2n) is 4.86. The van der Waals surface area contributed by atoms with Crippen molar-refractivity contribution in [1.29, 1.82) is 5.26 Å². The molecule has 1 heterocycles. The first kappa shape index (κ1) is 11.8. The highest BCUT2D eigenvalue weighted by atomic mass is 16.5. The molecule has 4 heteroatoms. The summed E-state index contributed by atoms with van der Waals surface area (Å²) in [5.41, 5.74) is 2.14. The second-order valence-corrected chi connectivity index (χ2v) is 4.86. The number of rotatable bonds is 2. The van der Waals surface area contributed by atoms with Gasteiger partial charge in [0.15, 0.2) is 0 Å². The molecule has 96 valence electrons. The van der Waals surface area contributed by atoms with Crippen LogP contribution in [0.4, 0.5) is 0 Å². The molecule has 1 aromatic heterocycles. The Balaban J connectivity index is 2.25. The van der Waals surface area contributed by atoms with Crippen molar-refractivity contribution in [2.24, 2.45) is 0 Å². The Kier molecular flexibility index (Phi) is 2.75. The third-order valence-electron chi connectivity index (χ3n) is 3.81.